The van der Waals surface area contributed by atoms with E-state index in [1.807, 2.05) is 0 Å². The van der Waals surface area contributed by atoms with Gasteiger partial charge in [0.1, 0.15) is 0 Å². The van der Waals surface area contributed by atoms with Crippen LogP contribution in [0.4, 0.5) is 5.69 Å². The van der Waals surface area contributed by atoms with Gasteiger partial charge >= 0.3 is 0 Å². The van der Waals surface area contributed by atoms with E-state index in [-0.39, 0.29) is 5.92 Å². The van der Waals surface area contributed by atoms with Gasteiger partial charge in [0, 0.05) is 23.7 Å². The summed E-state index contributed by atoms with van der Waals surface area (Å²) in [5.41, 5.74) is 15.5. The number of nitrogens with zero attached hydrogens (tertiary/aromatic N) is 1. The van der Waals surface area contributed by atoms with Crippen molar-refractivity contribution in [1.82, 2.24) is 4.98 Å². The molecule has 0 amide bonds. The lowest BCUT2D eigenvalue weighted by atomic mass is 9.81. The molecule has 4 rings (SSSR count). The Kier molecular flexibility index (Phi) is 8.43. The van der Waals surface area contributed by atoms with Crippen LogP contribution in [0.2, 0.25) is 0 Å². The number of nitrogens with two attached hydrogens (primary N) is 1. The third kappa shape index (κ3) is 5.79. The Hall–Kier alpha value is -3.59. The van der Waals surface area contributed by atoms with E-state index in [9.17, 15) is 0 Å². The van der Waals surface area contributed by atoms with Gasteiger partial charge < -0.3 is 11.1 Å². The smallest absolute Gasteiger partial charge is 0.0726 e. The van der Waals surface area contributed by atoms with Gasteiger partial charge in [-0.25, -0.2) is 0 Å². The molecule has 1 atom stereocenters. The van der Waals surface area contributed by atoms with E-state index >= 15 is 0 Å². The predicted octanol–water partition coefficient (Wildman–Crippen LogP) is 7.88. The first-order valence-electron chi connectivity index (χ1n) is 13.2. The van der Waals surface area contributed by atoms with Crippen molar-refractivity contribution in [1.29, 1.82) is 0 Å². The fraction of sp³-hybridized carbons (Fsp3) is 0.303. The van der Waals surface area contributed by atoms with Gasteiger partial charge in [0.25, 0.3) is 0 Å². The van der Waals surface area contributed by atoms with Crippen LogP contribution in [0.1, 0.15) is 56.9 Å². The van der Waals surface area contributed by atoms with Crippen LogP contribution in [0.25, 0.3) is 11.3 Å². The van der Waals surface area contributed by atoms with E-state index in [1.165, 1.54) is 34.4 Å². The minimum absolute atomic E-state index is 0.0626. The number of fused-ring (bicyclic) bond motifs is 1. The molecule has 186 valence electrons. The van der Waals surface area contributed by atoms with E-state index < -0.39 is 0 Å². The third-order valence-electron chi connectivity index (χ3n) is 6.99. The van der Waals surface area contributed by atoms with Gasteiger partial charge in [-0.3, -0.25) is 4.98 Å². The van der Waals surface area contributed by atoms with Crippen molar-refractivity contribution in [2.24, 2.45) is 17.6 Å². The van der Waals surface area contributed by atoms with E-state index in [0.29, 0.717) is 11.8 Å². The van der Waals surface area contributed by atoms with Crippen LogP contribution in [0, 0.1) is 11.8 Å². The maximum Gasteiger partial charge on any atom is 0.0726 e. The van der Waals surface area contributed by atoms with Crippen LogP contribution in [0.5, 0.6) is 0 Å². The first-order chi connectivity index (χ1) is 17.5. The maximum absolute atomic E-state index is 5.86. The lowest BCUT2D eigenvalue weighted by Crippen LogP contribution is -2.14. The number of para-hydroxylation sites is 1. The molecular formula is C33H39N3. The van der Waals surface area contributed by atoms with Crippen LogP contribution in [0.15, 0.2) is 102 Å². The number of anilines is 1. The number of benzene rings is 2. The number of nitrogens with one attached hydrogen (secondary N) is 1. The van der Waals surface area contributed by atoms with E-state index in [1.54, 1.807) is 6.20 Å². The first kappa shape index (κ1) is 25.5. The number of rotatable bonds is 8. The Balaban J connectivity index is 1.81. The number of hydrogen-bond donors (Lipinski definition) is 2. The van der Waals surface area contributed by atoms with Gasteiger partial charge in [0.15, 0.2) is 0 Å². The summed E-state index contributed by atoms with van der Waals surface area (Å²) < 4.78 is 0. The molecule has 0 spiro atoms. The van der Waals surface area contributed by atoms with Gasteiger partial charge in [-0.05, 0) is 59.7 Å². The molecule has 0 saturated carbocycles. The Morgan fingerprint density at radius 2 is 1.69 bits per heavy atom. The minimum atomic E-state index is 0.0626. The van der Waals surface area contributed by atoms with Gasteiger partial charge in [-0.15, -0.1) is 0 Å². The molecule has 1 aliphatic rings. The van der Waals surface area contributed by atoms with Crippen LogP contribution < -0.4 is 11.1 Å². The summed E-state index contributed by atoms with van der Waals surface area (Å²) in [6, 6.07) is 23.8. The predicted molar refractivity (Wildman–Crippen MR) is 154 cm³/mol. The highest BCUT2D eigenvalue weighted by Crippen LogP contribution is 2.38. The molecule has 3 heteroatoms. The van der Waals surface area contributed by atoms with Gasteiger partial charge in [0.2, 0.25) is 0 Å². The van der Waals surface area contributed by atoms with Crippen molar-refractivity contribution in [2.75, 3.05) is 11.9 Å². The normalized spacial score (nSPS) is 15.3. The molecule has 1 unspecified atom stereocenters. The molecule has 0 saturated heterocycles. The van der Waals surface area contributed by atoms with E-state index in [2.05, 4.69) is 118 Å². The summed E-state index contributed by atoms with van der Waals surface area (Å²) in [5, 5.41) is 3.63. The Morgan fingerprint density at radius 3 is 2.42 bits per heavy atom. The quantitative estimate of drug-likeness (QED) is 0.324. The summed E-state index contributed by atoms with van der Waals surface area (Å²) in [7, 11) is 0. The second kappa shape index (κ2) is 11.9. The van der Waals surface area contributed by atoms with Crippen molar-refractivity contribution in [3.05, 3.63) is 119 Å². The lowest BCUT2D eigenvalue weighted by molar-refractivity contribution is 0.691. The van der Waals surface area contributed by atoms with Crippen molar-refractivity contribution in [3.8, 4) is 11.3 Å². The second-order valence-corrected chi connectivity index (χ2v) is 10.2. The van der Waals surface area contributed by atoms with E-state index in [0.717, 1.165) is 29.9 Å². The largest absolute Gasteiger partial charge is 0.404 e. The molecule has 3 N–H and O–H groups in total. The fourth-order valence-electron chi connectivity index (χ4n) is 5.00. The van der Waals surface area contributed by atoms with Gasteiger partial charge in [-0.1, -0.05) is 106 Å². The van der Waals surface area contributed by atoms with Crippen molar-refractivity contribution in [3.63, 3.8) is 0 Å². The highest BCUT2D eigenvalue weighted by atomic mass is 14.9. The lowest BCUT2D eigenvalue weighted by Gasteiger charge is -2.25. The second-order valence-electron chi connectivity index (χ2n) is 10.2. The van der Waals surface area contributed by atoms with Crippen molar-refractivity contribution in [2.45, 2.75) is 46.5 Å². The zero-order chi connectivity index (χ0) is 25.5. The molecule has 0 fully saturated rings. The zero-order valence-electron chi connectivity index (χ0n) is 22.0. The summed E-state index contributed by atoms with van der Waals surface area (Å²) in [5.74, 6) is 0.796. The number of allylic oxidation sites excluding steroid dienone is 5. The molecular weight excluding hydrogens is 438 g/mol. The van der Waals surface area contributed by atoms with Crippen molar-refractivity contribution < 1.29 is 0 Å². The summed E-state index contributed by atoms with van der Waals surface area (Å²) in [6.45, 7) is 9.86. The number of pyridine rings is 1. The fourth-order valence-corrected chi connectivity index (χ4v) is 5.00. The zero-order valence-corrected chi connectivity index (χ0v) is 22.0. The highest BCUT2D eigenvalue weighted by Gasteiger charge is 2.23. The third-order valence-corrected chi connectivity index (χ3v) is 6.99. The topological polar surface area (TPSA) is 50.9 Å². The van der Waals surface area contributed by atoms with Gasteiger partial charge in [-0.2, -0.15) is 0 Å². The molecule has 3 nitrogen and oxygen atoms in total. The molecule has 2 aromatic carbocycles. The Bertz CT molecular complexity index is 1250. The van der Waals surface area contributed by atoms with Crippen LogP contribution >= 0.6 is 0 Å². The monoisotopic (exact) mass is 477 g/mol. The molecule has 0 aliphatic carbocycles. The Morgan fingerprint density at radius 1 is 0.917 bits per heavy atom. The standard InChI is InChI=1S/C33H39N3/c1-23(2)27(22-34)15-9-17-28(24(3)4)32(25-12-6-5-7-13-25)31-20-10-19-30(36-31)29-18-8-14-26-16-11-21-35-33(26)29/h5-10,12-15,17-20,22-24,32,35H,11,16,21,34H2,1-4H3/b15-9-,27-22-,28-17-. The number of aryl methyl sites for hydroxylation is 1. The number of aromatic nitrogens is 1. The molecule has 36 heavy (non-hydrogen) atoms. The number of hydrogen-bond acceptors (Lipinski definition) is 3. The van der Waals surface area contributed by atoms with Crippen LogP contribution in [0.3, 0.4) is 0 Å². The highest BCUT2D eigenvalue weighted by molar-refractivity contribution is 5.79. The average Bonchev–Trinajstić information content (AvgIpc) is 2.90. The average molecular weight is 478 g/mol. The summed E-state index contributed by atoms with van der Waals surface area (Å²) in [6.07, 6.45) is 10.5. The van der Waals surface area contributed by atoms with Gasteiger partial charge in [0.05, 0.1) is 11.4 Å². The summed E-state index contributed by atoms with van der Waals surface area (Å²) >= 11 is 0. The van der Waals surface area contributed by atoms with Crippen LogP contribution in [-0.4, -0.2) is 11.5 Å². The maximum atomic E-state index is 5.86. The molecule has 3 aromatic rings. The molecule has 0 radical (unpaired) electrons. The molecule has 0 bridgehead atoms. The van der Waals surface area contributed by atoms with Crippen LogP contribution in [-0.2, 0) is 6.42 Å². The molecule has 1 aromatic heterocycles. The van der Waals surface area contributed by atoms with Crippen molar-refractivity contribution >= 4 is 5.69 Å². The SMILES string of the molecule is CC(C)/C(=C/C=C\C(=C\N)C(C)C)C(c1ccccc1)c1cccc(-c2cccc3c2NCCC3)n1. The minimum Gasteiger partial charge on any atom is -0.404 e. The molecule has 1 aliphatic heterocycles. The molecule has 2 heterocycles. The summed E-state index contributed by atoms with van der Waals surface area (Å²) in [4.78, 5) is 5.28. The first-order valence-corrected chi connectivity index (χ1v) is 13.2. The van der Waals surface area contributed by atoms with E-state index in [4.69, 9.17) is 10.7 Å². The Labute approximate surface area is 216 Å².